The molecule has 5 aliphatic rings. The van der Waals surface area contributed by atoms with Crippen molar-refractivity contribution in [3.05, 3.63) is 0 Å². The summed E-state index contributed by atoms with van der Waals surface area (Å²) < 4.78 is 10.4. The molecule has 4 bridgehead atoms. The minimum Gasteiger partial charge on any atom is -0.463 e. The van der Waals surface area contributed by atoms with Crippen LogP contribution < -0.4 is 0 Å². The van der Waals surface area contributed by atoms with Gasteiger partial charge in [-0.3, -0.25) is 4.79 Å². The standard InChI is InChI=1S/C17H22O4.C4H10/c18-16(21-13-3-4-20-17(13)19)12-7-10-6-11(12)15-9-2-1-8(5-9)14(10)15;1-4(2)3/h8-15H,1-7H2;4H,1-3H3. The number of hydrogen-bond acceptors (Lipinski definition) is 4. The van der Waals surface area contributed by atoms with Crippen molar-refractivity contribution in [3.63, 3.8) is 0 Å². The molecule has 0 aromatic rings. The van der Waals surface area contributed by atoms with E-state index in [0.717, 1.165) is 41.9 Å². The lowest BCUT2D eigenvalue weighted by atomic mass is 9.67. The third-order valence-corrected chi connectivity index (χ3v) is 7.18. The van der Waals surface area contributed by atoms with Crippen molar-refractivity contribution < 1.29 is 19.1 Å². The minimum atomic E-state index is -0.632. The Bertz CT molecular complexity index is 539. The predicted molar refractivity (Wildman–Crippen MR) is 93.5 cm³/mol. The van der Waals surface area contributed by atoms with Gasteiger partial charge in [-0.25, -0.2) is 4.79 Å². The normalized spacial score (nSPS) is 46.0. The van der Waals surface area contributed by atoms with Crippen LogP contribution in [0.1, 0.15) is 59.3 Å². The summed E-state index contributed by atoms with van der Waals surface area (Å²) in [6.07, 6.45) is 6.37. The maximum absolute atomic E-state index is 12.5. The van der Waals surface area contributed by atoms with Gasteiger partial charge in [0.2, 0.25) is 6.10 Å². The molecule has 4 aliphatic carbocycles. The summed E-state index contributed by atoms with van der Waals surface area (Å²) in [5, 5.41) is 0. The van der Waals surface area contributed by atoms with Crippen LogP contribution in [0.3, 0.4) is 0 Å². The van der Waals surface area contributed by atoms with E-state index in [1.807, 2.05) is 0 Å². The van der Waals surface area contributed by atoms with Gasteiger partial charge in [-0.2, -0.15) is 0 Å². The van der Waals surface area contributed by atoms with Crippen molar-refractivity contribution >= 4 is 11.9 Å². The van der Waals surface area contributed by atoms with Gasteiger partial charge in [0.25, 0.3) is 0 Å². The van der Waals surface area contributed by atoms with Gasteiger partial charge in [0, 0.05) is 6.42 Å². The second-order valence-electron chi connectivity index (χ2n) is 9.60. The maximum Gasteiger partial charge on any atom is 0.347 e. The van der Waals surface area contributed by atoms with E-state index in [9.17, 15) is 9.59 Å². The summed E-state index contributed by atoms with van der Waals surface area (Å²) >= 11 is 0. The quantitative estimate of drug-likeness (QED) is 0.562. The van der Waals surface area contributed by atoms with Gasteiger partial charge in [0.1, 0.15) is 0 Å². The highest BCUT2D eigenvalue weighted by Gasteiger charge is 2.63. The monoisotopic (exact) mass is 348 g/mol. The fourth-order valence-corrected chi connectivity index (χ4v) is 6.65. The molecule has 0 aromatic heterocycles. The Kier molecular flexibility index (Phi) is 4.57. The molecule has 140 valence electrons. The molecule has 0 aromatic carbocycles. The number of hydrogen-bond donors (Lipinski definition) is 0. The van der Waals surface area contributed by atoms with Crippen molar-refractivity contribution in [3.8, 4) is 0 Å². The highest BCUT2D eigenvalue weighted by Crippen LogP contribution is 2.68. The third-order valence-electron chi connectivity index (χ3n) is 7.18. The molecule has 25 heavy (non-hydrogen) atoms. The van der Waals surface area contributed by atoms with Crippen LogP contribution in [-0.2, 0) is 19.1 Å². The third kappa shape index (κ3) is 3.00. The molecule has 1 aliphatic heterocycles. The summed E-state index contributed by atoms with van der Waals surface area (Å²) in [5.74, 6) is 5.24. The van der Waals surface area contributed by atoms with Crippen molar-refractivity contribution in [1.29, 1.82) is 0 Å². The molecule has 5 fully saturated rings. The molecule has 8 unspecified atom stereocenters. The lowest BCUT2D eigenvalue weighted by molar-refractivity contribution is -0.165. The molecule has 8 atom stereocenters. The number of ether oxygens (including phenoxy) is 2. The first-order valence-corrected chi connectivity index (χ1v) is 10.3. The van der Waals surface area contributed by atoms with E-state index in [4.69, 9.17) is 9.47 Å². The van der Waals surface area contributed by atoms with Crippen molar-refractivity contribution in [1.82, 2.24) is 0 Å². The Hall–Kier alpha value is -1.06. The fourth-order valence-electron chi connectivity index (χ4n) is 6.65. The molecule has 0 spiro atoms. The molecule has 5 rings (SSSR count). The SMILES string of the molecule is CC(C)C.O=C1OCCC1OC(=O)C1CC2CC1C1C3CCC(C3)C21. The lowest BCUT2D eigenvalue weighted by Crippen LogP contribution is -2.38. The number of cyclic esters (lactones) is 1. The lowest BCUT2D eigenvalue weighted by Gasteiger charge is -2.37. The summed E-state index contributed by atoms with van der Waals surface area (Å²) in [7, 11) is 0. The molecule has 4 heteroatoms. The molecule has 0 amide bonds. The topological polar surface area (TPSA) is 52.6 Å². The van der Waals surface area contributed by atoms with E-state index in [-0.39, 0.29) is 17.9 Å². The molecule has 1 saturated heterocycles. The van der Waals surface area contributed by atoms with Gasteiger partial charge < -0.3 is 9.47 Å². The number of carbonyl (C=O) groups excluding carboxylic acids is 2. The van der Waals surface area contributed by atoms with Crippen molar-refractivity contribution in [2.24, 2.45) is 47.3 Å². The predicted octanol–water partition coefficient (Wildman–Crippen LogP) is 3.83. The summed E-state index contributed by atoms with van der Waals surface area (Å²) in [6, 6.07) is 0. The van der Waals surface area contributed by atoms with Gasteiger partial charge >= 0.3 is 11.9 Å². The number of fused-ring (bicyclic) bond motifs is 9. The number of carbonyl (C=O) groups is 2. The van der Waals surface area contributed by atoms with Crippen LogP contribution in [0.5, 0.6) is 0 Å². The van der Waals surface area contributed by atoms with E-state index in [0.29, 0.717) is 18.9 Å². The Labute approximate surface area is 151 Å². The largest absolute Gasteiger partial charge is 0.463 e. The van der Waals surface area contributed by atoms with Crippen molar-refractivity contribution in [2.45, 2.75) is 65.4 Å². The Morgan fingerprint density at radius 3 is 2.32 bits per heavy atom. The molecule has 0 radical (unpaired) electrons. The van der Waals surface area contributed by atoms with E-state index in [1.54, 1.807) is 0 Å². The first-order chi connectivity index (χ1) is 12.0. The van der Waals surface area contributed by atoms with Crippen LogP contribution in [0.4, 0.5) is 0 Å². The van der Waals surface area contributed by atoms with Crippen LogP contribution in [-0.4, -0.2) is 24.6 Å². The van der Waals surface area contributed by atoms with E-state index in [2.05, 4.69) is 20.8 Å². The smallest absolute Gasteiger partial charge is 0.347 e. The molecule has 4 nitrogen and oxygen atoms in total. The molecule has 4 saturated carbocycles. The van der Waals surface area contributed by atoms with E-state index < -0.39 is 6.10 Å². The van der Waals surface area contributed by atoms with E-state index in [1.165, 1.54) is 25.7 Å². The van der Waals surface area contributed by atoms with Gasteiger partial charge in [0.05, 0.1) is 12.5 Å². The number of esters is 2. The minimum absolute atomic E-state index is 0.0593. The van der Waals surface area contributed by atoms with Gasteiger partial charge in [0.15, 0.2) is 0 Å². The van der Waals surface area contributed by atoms with Gasteiger partial charge in [-0.05, 0) is 73.5 Å². The second kappa shape index (κ2) is 6.59. The Balaban J connectivity index is 0.000000358. The average Bonchev–Trinajstić information content (AvgIpc) is 3.33. The molecule has 1 heterocycles. The highest BCUT2D eigenvalue weighted by molar-refractivity contribution is 5.81. The average molecular weight is 348 g/mol. The maximum atomic E-state index is 12.5. The van der Waals surface area contributed by atoms with Crippen LogP contribution in [0, 0.1) is 47.3 Å². The van der Waals surface area contributed by atoms with Gasteiger partial charge in [-0.15, -0.1) is 0 Å². The van der Waals surface area contributed by atoms with Crippen LogP contribution in [0.15, 0.2) is 0 Å². The molecule has 0 N–H and O–H groups in total. The Morgan fingerprint density at radius 2 is 1.68 bits per heavy atom. The summed E-state index contributed by atoms with van der Waals surface area (Å²) in [6.45, 7) is 6.89. The zero-order valence-electron chi connectivity index (χ0n) is 15.8. The molecular formula is C21H32O4. The van der Waals surface area contributed by atoms with Gasteiger partial charge in [-0.1, -0.05) is 20.8 Å². The van der Waals surface area contributed by atoms with Crippen LogP contribution >= 0.6 is 0 Å². The number of rotatable bonds is 2. The highest BCUT2D eigenvalue weighted by atomic mass is 16.6. The zero-order chi connectivity index (χ0) is 17.7. The Morgan fingerprint density at radius 1 is 1.00 bits per heavy atom. The zero-order valence-corrected chi connectivity index (χ0v) is 15.8. The van der Waals surface area contributed by atoms with Crippen LogP contribution in [0.2, 0.25) is 0 Å². The second-order valence-corrected chi connectivity index (χ2v) is 9.60. The summed E-state index contributed by atoms with van der Waals surface area (Å²) in [4.78, 5) is 24.0. The first kappa shape index (κ1) is 17.4. The van der Waals surface area contributed by atoms with E-state index >= 15 is 0 Å². The molecular weight excluding hydrogens is 316 g/mol. The summed E-state index contributed by atoms with van der Waals surface area (Å²) in [5.41, 5.74) is 0. The van der Waals surface area contributed by atoms with Crippen molar-refractivity contribution in [2.75, 3.05) is 6.61 Å². The van der Waals surface area contributed by atoms with Crippen LogP contribution in [0.25, 0.3) is 0 Å². The fraction of sp³-hybridized carbons (Fsp3) is 0.905. The first-order valence-electron chi connectivity index (χ1n) is 10.3.